The smallest absolute Gasteiger partial charge is 0.266 e. The number of piperidine rings is 1. The Hall–Kier alpha value is -2.79. The maximum atomic E-state index is 13.7. The third-order valence-corrected chi connectivity index (χ3v) is 10.9. The lowest BCUT2D eigenvalue weighted by Gasteiger charge is -2.34. The molecular weight excluding hydrogens is 585 g/mol. The fourth-order valence-electron chi connectivity index (χ4n) is 5.72. The van der Waals surface area contributed by atoms with Crippen LogP contribution < -0.4 is 0 Å². The molecule has 7 nitrogen and oxygen atoms in total. The Kier molecular flexibility index (Phi) is 9.67. The van der Waals surface area contributed by atoms with Crippen LogP contribution in [0.15, 0.2) is 70.6 Å². The first kappa shape index (κ1) is 30.7. The lowest BCUT2D eigenvalue weighted by Crippen LogP contribution is -2.42. The topological polar surface area (TPSA) is 75.5 Å². The second-order valence-corrected chi connectivity index (χ2v) is 15.0. The molecule has 2 saturated heterocycles. The molecule has 2 unspecified atom stereocenters. The largest absolute Gasteiger partial charge is 0.293 e. The summed E-state index contributed by atoms with van der Waals surface area (Å²) in [6.45, 7) is 8.02. The lowest BCUT2D eigenvalue weighted by atomic mass is 9.94. The van der Waals surface area contributed by atoms with E-state index in [4.69, 9.17) is 17.3 Å². The van der Waals surface area contributed by atoms with Gasteiger partial charge in [0, 0.05) is 37.0 Å². The molecule has 0 bridgehead atoms. The van der Waals surface area contributed by atoms with Crippen molar-refractivity contribution in [2.75, 3.05) is 19.6 Å². The number of thiocarbonyl (C=S) groups is 1. The minimum Gasteiger partial charge on any atom is -0.293 e. The predicted molar refractivity (Wildman–Crippen MR) is 175 cm³/mol. The second-order valence-electron chi connectivity index (χ2n) is 11.4. The molecule has 0 spiro atoms. The van der Waals surface area contributed by atoms with Crippen LogP contribution in [0.2, 0.25) is 0 Å². The van der Waals surface area contributed by atoms with E-state index in [0.717, 1.165) is 43.4 Å². The molecule has 2 aliphatic rings. The Morgan fingerprint density at radius 3 is 2.48 bits per heavy atom. The number of benzene rings is 2. The van der Waals surface area contributed by atoms with Crippen molar-refractivity contribution in [1.29, 1.82) is 0 Å². The van der Waals surface area contributed by atoms with Crippen LogP contribution in [0.4, 0.5) is 0 Å². The van der Waals surface area contributed by atoms with Crippen LogP contribution in [0, 0.1) is 11.8 Å². The fourth-order valence-corrected chi connectivity index (χ4v) is 8.74. The maximum absolute atomic E-state index is 13.7. The fraction of sp³-hybridized carbons (Fsp3) is 0.406. The highest BCUT2D eigenvalue weighted by atomic mass is 32.2. The quantitative estimate of drug-likeness (QED) is 0.138. The van der Waals surface area contributed by atoms with E-state index in [0.29, 0.717) is 52.0 Å². The highest BCUT2D eigenvalue weighted by molar-refractivity contribution is 8.26. The van der Waals surface area contributed by atoms with Gasteiger partial charge in [0.25, 0.3) is 5.91 Å². The van der Waals surface area contributed by atoms with E-state index in [-0.39, 0.29) is 10.8 Å². The van der Waals surface area contributed by atoms with E-state index < -0.39 is 10.0 Å². The number of thioether (sulfide) groups is 1. The minimum atomic E-state index is -3.67. The summed E-state index contributed by atoms with van der Waals surface area (Å²) in [5.74, 6) is 0.528. The Morgan fingerprint density at radius 1 is 1.02 bits per heavy atom. The average Bonchev–Trinajstić information content (AvgIpc) is 3.51. The summed E-state index contributed by atoms with van der Waals surface area (Å²) in [7, 11) is -3.67. The van der Waals surface area contributed by atoms with E-state index in [1.54, 1.807) is 32.1 Å². The van der Waals surface area contributed by atoms with Crippen LogP contribution in [0.3, 0.4) is 0 Å². The van der Waals surface area contributed by atoms with Gasteiger partial charge in [-0.3, -0.25) is 9.69 Å². The Morgan fingerprint density at radius 2 is 1.76 bits per heavy atom. The van der Waals surface area contributed by atoms with E-state index in [1.807, 2.05) is 48.7 Å². The first-order valence-electron chi connectivity index (χ1n) is 14.7. The van der Waals surface area contributed by atoms with Gasteiger partial charge in [-0.25, -0.2) is 13.1 Å². The number of aromatic nitrogens is 2. The number of hydrogen-bond acceptors (Lipinski definition) is 6. The van der Waals surface area contributed by atoms with E-state index in [1.165, 1.54) is 11.8 Å². The van der Waals surface area contributed by atoms with Gasteiger partial charge in [0.05, 0.1) is 15.5 Å². The molecule has 3 aromatic rings. The van der Waals surface area contributed by atoms with Crippen molar-refractivity contribution in [2.45, 2.75) is 57.8 Å². The van der Waals surface area contributed by atoms with Crippen molar-refractivity contribution >= 4 is 50.3 Å². The number of unbranched alkanes of at least 4 members (excludes halogenated alkanes) is 3. The molecule has 5 rings (SSSR count). The summed E-state index contributed by atoms with van der Waals surface area (Å²) >= 11 is 6.87. The van der Waals surface area contributed by atoms with Gasteiger partial charge in [-0.2, -0.15) is 9.40 Å². The van der Waals surface area contributed by atoms with Gasteiger partial charge >= 0.3 is 0 Å². The highest BCUT2D eigenvalue weighted by Crippen LogP contribution is 2.36. The normalized spacial score (nSPS) is 21.0. The zero-order chi connectivity index (χ0) is 29.9. The number of carbonyl (C=O) groups is 1. The van der Waals surface area contributed by atoms with Crippen molar-refractivity contribution in [3.63, 3.8) is 0 Å². The third-order valence-electron chi connectivity index (χ3n) is 7.74. The van der Waals surface area contributed by atoms with Gasteiger partial charge in [-0.15, -0.1) is 0 Å². The predicted octanol–water partition coefficient (Wildman–Crippen LogP) is 6.99. The van der Waals surface area contributed by atoms with Gasteiger partial charge in [0.15, 0.2) is 0 Å². The molecule has 0 radical (unpaired) electrons. The molecule has 2 aliphatic heterocycles. The number of carbonyl (C=O) groups excluding carboxylic acids is 1. The van der Waals surface area contributed by atoms with Crippen LogP contribution in [0.25, 0.3) is 23.0 Å². The number of nitrogens with zero attached hydrogens (tertiary/aromatic N) is 4. The molecule has 1 aromatic heterocycles. The molecule has 0 aliphatic carbocycles. The summed E-state index contributed by atoms with van der Waals surface area (Å²) in [5.41, 5.74) is 2.86. The van der Waals surface area contributed by atoms with Gasteiger partial charge in [-0.05, 0) is 55.0 Å². The van der Waals surface area contributed by atoms with E-state index >= 15 is 0 Å². The first-order valence-corrected chi connectivity index (χ1v) is 17.3. The molecule has 42 heavy (non-hydrogen) atoms. The first-order chi connectivity index (χ1) is 20.2. The number of rotatable bonds is 10. The lowest BCUT2D eigenvalue weighted by molar-refractivity contribution is -0.122. The third kappa shape index (κ3) is 6.72. The Labute approximate surface area is 259 Å². The zero-order valence-corrected chi connectivity index (χ0v) is 26.9. The van der Waals surface area contributed by atoms with Crippen molar-refractivity contribution < 1.29 is 13.2 Å². The number of para-hydroxylation sites is 1. The molecule has 222 valence electrons. The van der Waals surface area contributed by atoms with Gasteiger partial charge in [0.2, 0.25) is 10.0 Å². The Balaban J connectivity index is 1.51. The number of sulfonamides is 1. The van der Waals surface area contributed by atoms with E-state index in [9.17, 15) is 13.2 Å². The summed E-state index contributed by atoms with van der Waals surface area (Å²) in [6, 6.07) is 16.7. The number of hydrogen-bond donors (Lipinski definition) is 0. The highest BCUT2D eigenvalue weighted by Gasteiger charge is 2.33. The minimum absolute atomic E-state index is 0.0930. The van der Waals surface area contributed by atoms with Crippen LogP contribution in [0.1, 0.15) is 58.4 Å². The molecule has 10 heteroatoms. The molecule has 0 saturated carbocycles. The number of amides is 1. The molecule has 2 aromatic carbocycles. The standard InChI is InChI=1S/C32H38N4O3S3/c1-4-5-6-10-16-35-31(37)29(41-32(35)40)19-26-22-36(27-13-8-7-9-14-27)33-30(26)25-12-11-15-28(18-25)42(38,39)34-20-23(2)17-24(3)21-34/h7-9,11-15,18-19,22-24H,4-6,10,16-17,20-21H2,1-3H3/b29-19-. The van der Waals surface area contributed by atoms with Gasteiger partial charge in [-0.1, -0.05) is 94.3 Å². The van der Waals surface area contributed by atoms with Crippen LogP contribution in [0.5, 0.6) is 0 Å². The SMILES string of the molecule is CCCCCCN1C(=O)/C(=C/c2cn(-c3ccccc3)nc2-c2cccc(S(=O)(=O)N3CC(C)CC(C)C3)c2)SC1=S. The van der Waals surface area contributed by atoms with Crippen LogP contribution >= 0.6 is 24.0 Å². The zero-order valence-electron chi connectivity index (χ0n) is 24.4. The van der Waals surface area contributed by atoms with Gasteiger partial charge in [0.1, 0.15) is 10.0 Å². The second kappa shape index (κ2) is 13.2. The molecule has 0 N–H and O–H groups in total. The average molecular weight is 623 g/mol. The van der Waals surface area contributed by atoms with Gasteiger partial charge < -0.3 is 0 Å². The summed E-state index contributed by atoms with van der Waals surface area (Å²) in [4.78, 5) is 15.8. The van der Waals surface area contributed by atoms with E-state index in [2.05, 4.69) is 20.8 Å². The van der Waals surface area contributed by atoms with Crippen LogP contribution in [-0.2, 0) is 14.8 Å². The Bertz CT molecular complexity index is 1570. The molecule has 3 heterocycles. The molecule has 2 fully saturated rings. The van der Waals surface area contributed by atoms with Crippen LogP contribution in [-0.4, -0.2) is 57.3 Å². The van der Waals surface area contributed by atoms with Crippen molar-refractivity contribution in [1.82, 2.24) is 19.0 Å². The molecule has 1 amide bonds. The molecule has 2 atom stereocenters. The summed E-state index contributed by atoms with van der Waals surface area (Å²) < 4.78 is 31.4. The summed E-state index contributed by atoms with van der Waals surface area (Å²) in [6.07, 6.45) is 8.99. The maximum Gasteiger partial charge on any atom is 0.266 e. The van der Waals surface area contributed by atoms with Crippen molar-refractivity contribution in [3.8, 4) is 16.9 Å². The van der Waals surface area contributed by atoms with Crippen molar-refractivity contribution in [2.24, 2.45) is 11.8 Å². The summed E-state index contributed by atoms with van der Waals surface area (Å²) in [5, 5.41) is 4.88. The monoisotopic (exact) mass is 622 g/mol. The molecular formula is C32H38N4O3S3. The van der Waals surface area contributed by atoms with Crippen molar-refractivity contribution in [3.05, 3.63) is 71.3 Å².